The smallest absolute Gasteiger partial charge is 0.744 e. The van der Waals surface area contributed by atoms with Crippen molar-refractivity contribution in [2.45, 2.75) is 14.7 Å². The quantitative estimate of drug-likeness (QED) is 0.0324. The maximum atomic E-state index is 12.3. The van der Waals surface area contributed by atoms with E-state index in [1.807, 2.05) is 0 Å². The number of phenols is 2. The van der Waals surface area contributed by atoms with E-state index in [2.05, 4.69) is 45.7 Å². The van der Waals surface area contributed by atoms with E-state index in [1.165, 1.54) is 24.3 Å². The average Bonchev–Trinajstić information content (AvgIpc) is 3.05. The minimum Gasteiger partial charge on any atom is -0.744 e. The molecule has 0 spiro atoms. The summed E-state index contributed by atoms with van der Waals surface area (Å²) in [7, 11) is -21.0. The van der Waals surface area contributed by atoms with Gasteiger partial charge in [-0.1, -0.05) is 28.3 Å². The van der Waals surface area contributed by atoms with Crippen LogP contribution in [0.3, 0.4) is 0 Å². The van der Waals surface area contributed by atoms with Gasteiger partial charge in [0.15, 0.2) is 19.7 Å². The molecule has 0 fully saturated rings. The molecule has 4 rings (SSSR count). The molecule has 4 aromatic carbocycles. The molecule has 59 heavy (non-hydrogen) atoms. The number of nitrogens with zero attached hydrogens (tertiary/aromatic N) is 4. The zero-order chi connectivity index (χ0) is 41.4. The fourth-order valence-corrected chi connectivity index (χ4v) is 6.08. The fraction of sp³-hybridized carbons (Fsp3) is 0.111. The molecule has 4 aromatic rings. The third kappa shape index (κ3) is 21.4. The normalized spacial score (nSPS) is 11.5. The molecule has 0 amide bonds. The van der Waals surface area contributed by atoms with Crippen LogP contribution in [0, 0.1) is 19.9 Å². The van der Waals surface area contributed by atoms with Crippen LogP contribution < -0.4 is 124 Å². The van der Waals surface area contributed by atoms with Gasteiger partial charge in [0, 0.05) is 41.2 Å². The minimum atomic E-state index is -5.08. The van der Waals surface area contributed by atoms with Gasteiger partial charge < -0.3 is 43.0 Å². The summed E-state index contributed by atoms with van der Waals surface area (Å²) in [4.78, 5) is -1.26. The maximum Gasteiger partial charge on any atom is 1.00 e. The SMILES string of the molecule is O=S(=O)([O-])O.O=S(=O)([O-])O.[CH2-]CS(=O)(=O)c1ccc(O)c(N=Nc2[c-]cc3c(N=Nc4cc(S(=O)(=O)C[CH2-])ccc4S(=O)(=O)[O-])c(NC)ccc3c2O)c1.[Cu].[Na+].[Na+].[Na+].[Na+]. The summed E-state index contributed by atoms with van der Waals surface area (Å²) in [6.07, 6.45) is 0. The summed E-state index contributed by atoms with van der Waals surface area (Å²) < 4.78 is 150. The number of nitrogens with one attached hydrogen (secondary N) is 1. The number of fused-ring (bicyclic) bond motifs is 1. The zero-order valence-corrected chi connectivity index (χ0v) is 44.3. The number of sulfone groups is 2. The van der Waals surface area contributed by atoms with Crippen molar-refractivity contribution in [2.75, 3.05) is 23.9 Å². The molecule has 0 atom stereocenters. The van der Waals surface area contributed by atoms with Gasteiger partial charge in [0.2, 0.25) is 20.8 Å². The second kappa shape index (κ2) is 27.2. The van der Waals surface area contributed by atoms with Crippen molar-refractivity contribution in [3.05, 3.63) is 74.5 Å². The molecule has 0 heterocycles. The van der Waals surface area contributed by atoms with Crippen LogP contribution in [0.1, 0.15) is 0 Å². The molecule has 22 nitrogen and oxygen atoms in total. The zero-order valence-electron chi connectivity index (χ0n) is 31.3. The Hall–Kier alpha value is -0.191. The first kappa shape index (κ1) is 65.4. The predicted molar refractivity (Wildman–Crippen MR) is 184 cm³/mol. The Balaban J connectivity index is -0.000000902. The van der Waals surface area contributed by atoms with Gasteiger partial charge in [-0.25, -0.2) is 42.1 Å². The van der Waals surface area contributed by atoms with E-state index in [-0.39, 0.29) is 179 Å². The minimum absolute atomic E-state index is 0. The first-order valence-corrected chi connectivity index (χ1v) is 21.1. The van der Waals surface area contributed by atoms with Crippen molar-refractivity contribution in [3.8, 4) is 11.5 Å². The molecule has 32 heteroatoms. The molecule has 0 saturated carbocycles. The summed E-state index contributed by atoms with van der Waals surface area (Å²) in [6, 6.07) is 13.2. The third-order valence-electron chi connectivity index (χ3n) is 6.24. The van der Waals surface area contributed by atoms with E-state index in [0.29, 0.717) is 5.69 Å². The molecule has 1 radical (unpaired) electrons. The van der Waals surface area contributed by atoms with E-state index in [0.717, 1.165) is 30.3 Å². The van der Waals surface area contributed by atoms with Crippen molar-refractivity contribution < 1.29 is 210 Å². The number of phenolic OH excluding ortho intramolecular Hbond substituents is 2. The van der Waals surface area contributed by atoms with E-state index in [1.54, 1.807) is 7.05 Å². The topological polar surface area (TPSA) is 382 Å². The number of azo groups is 2. The standard InChI is InChI=1S/C27H24N5O9S3.Cu.4Na.2H2O4S/c1-4-42(35,36)16-6-12-24(33)22(14-16)30-29-21-11-8-18-19(27(21)34)9-10-20(28-3)26(18)32-31-23-15-17(43(37,38)5-2)7-13-25(23)44(39,40)41;;;;;;2*1-5(2,3)4/h6-10,12-15,28,33-34H,1-2,4-5H2,3H3,(H,39,40,41);;;;;;2*(H2,1,2,3,4)/q-3;;4*+1;;/p-3. The first-order chi connectivity index (χ1) is 24.6. The molecule has 0 unspecified atom stereocenters. The van der Waals surface area contributed by atoms with E-state index in [4.69, 9.17) is 35.0 Å². The van der Waals surface area contributed by atoms with Crippen LogP contribution in [-0.2, 0) is 67.7 Å². The van der Waals surface area contributed by atoms with Crippen LogP contribution in [0.2, 0.25) is 0 Å². The average molecular weight is 1010 g/mol. The molecule has 5 N–H and O–H groups in total. The number of aromatic hydroxyl groups is 2. The Bertz CT molecular complexity index is 2650. The maximum absolute atomic E-state index is 12.3. The Morgan fingerprint density at radius 2 is 1.10 bits per heavy atom. The Labute approximate surface area is 438 Å². The van der Waals surface area contributed by atoms with Gasteiger partial charge in [-0.15, -0.1) is 5.11 Å². The van der Waals surface area contributed by atoms with Gasteiger partial charge in [-0.2, -0.15) is 27.5 Å². The summed E-state index contributed by atoms with van der Waals surface area (Å²) >= 11 is 0. The molecular weight excluding hydrogens is 982 g/mol. The molecular formula is C27H25CuN5Na4O17S5-2. The van der Waals surface area contributed by atoms with Crippen molar-refractivity contribution in [1.82, 2.24) is 0 Å². The molecule has 0 aromatic heterocycles. The van der Waals surface area contributed by atoms with E-state index >= 15 is 0 Å². The van der Waals surface area contributed by atoms with Crippen molar-refractivity contribution in [1.29, 1.82) is 0 Å². The number of anilines is 1. The second-order valence-corrected chi connectivity index (χ2v) is 17.1. The van der Waals surface area contributed by atoms with Crippen LogP contribution in [0.15, 0.2) is 89.7 Å². The van der Waals surface area contributed by atoms with Crippen LogP contribution in [0.4, 0.5) is 28.4 Å². The first-order valence-electron chi connectivity index (χ1n) is 13.7. The molecule has 0 aliphatic carbocycles. The Morgan fingerprint density at radius 3 is 1.54 bits per heavy atom. The van der Waals surface area contributed by atoms with Gasteiger partial charge in [-0.3, -0.25) is 9.11 Å². The molecule has 0 saturated heterocycles. The van der Waals surface area contributed by atoms with Gasteiger partial charge in [0.25, 0.3) is 0 Å². The van der Waals surface area contributed by atoms with Crippen LogP contribution >= 0.6 is 0 Å². The molecule has 0 aliphatic heterocycles. The monoisotopic (exact) mass is 1010 g/mol. The van der Waals surface area contributed by atoms with Crippen LogP contribution in [0.5, 0.6) is 11.5 Å². The van der Waals surface area contributed by atoms with Crippen LogP contribution in [0.25, 0.3) is 10.8 Å². The third-order valence-corrected chi connectivity index (χ3v) is 10.1. The van der Waals surface area contributed by atoms with Crippen molar-refractivity contribution >= 4 is 89.8 Å². The largest absolute Gasteiger partial charge is 1.00 e. The van der Waals surface area contributed by atoms with E-state index in [9.17, 15) is 40.0 Å². The summed E-state index contributed by atoms with van der Waals surface area (Å²) in [6.45, 7) is 6.71. The summed E-state index contributed by atoms with van der Waals surface area (Å²) in [5, 5.41) is 40.1. The summed E-state index contributed by atoms with van der Waals surface area (Å²) in [5.74, 6) is -1.76. The van der Waals surface area contributed by atoms with Gasteiger partial charge >= 0.3 is 118 Å². The molecule has 0 aliphatic rings. The molecule has 0 bridgehead atoms. The fourth-order valence-electron chi connectivity index (χ4n) is 3.88. The Kier molecular flexibility index (Phi) is 30.2. The van der Waals surface area contributed by atoms with Crippen molar-refractivity contribution in [3.63, 3.8) is 0 Å². The van der Waals surface area contributed by atoms with Gasteiger partial charge in [0.05, 0.1) is 20.4 Å². The van der Waals surface area contributed by atoms with Gasteiger partial charge in [-0.05, 0) is 42.5 Å². The predicted octanol–water partition coefficient (Wildman–Crippen LogP) is -8.93. The van der Waals surface area contributed by atoms with E-state index < -0.39 is 78.4 Å². The second-order valence-electron chi connectivity index (χ2n) is 9.79. The van der Waals surface area contributed by atoms with Gasteiger partial charge in [0.1, 0.15) is 27.2 Å². The number of hydrogen-bond acceptors (Lipinski definition) is 20. The van der Waals surface area contributed by atoms with Crippen molar-refractivity contribution in [2.24, 2.45) is 20.5 Å². The molecule has 307 valence electrons. The number of hydrogen-bond donors (Lipinski definition) is 5. The number of rotatable bonds is 10. The number of benzene rings is 4. The summed E-state index contributed by atoms with van der Waals surface area (Å²) in [5.41, 5.74) is -0.503. The Morgan fingerprint density at radius 1 is 0.661 bits per heavy atom. The van der Waals surface area contributed by atoms with Crippen LogP contribution in [-0.4, -0.2) is 93.6 Å².